The summed E-state index contributed by atoms with van der Waals surface area (Å²) in [5.74, 6) is 0. The molecule has 48 valence electrons. The van der Waals surface area contributed by atoms with Crippen LogP contribution in [0.15, 0.2) is 0 Å². The third-order valence-electron chi connectivity index (χ3n) is 1.60. The van der Waals surface area contributed by atoms with Crippen molar-refractivity contribution in [2.24, 2.45) is 0 Å². The fourth-order valence-electron chi connectivity index (χ4n) is 1.04. The Kier molecular flexibility index (Phi) is 2.90. The van der Waals surface area contributed by atoms with Gasteiger partial charge in [0.2, 0.25) is 0 Å². The molecule has 8 heavy (non-hydrogen) atoms. The number of alkyl halides is 2. The summed E-state index contributed by atoms with van der Waals surface area (Å²) < 4.78 is 0.739. The van der Waals surface area contributed by atoms with Gasteiger partial charge in [0, 0.05) is 9.30 Å². The highest BCUT2D eigenvalue weighted by Gasteiger charge is 2.19. The molecule has 1 rings (SSSR count). The summed E-state index contributed by atoms with van der Waals surface area (Å²) in [6, 6.07) is 0. The van der Waals surface area contributed by atoms with Gasteiger partial charge in [0.25, 0.3) is 0 Å². The van der Waals surface area contributed by atoms with Crippen LogP contribution in [0.3, 0.4) is 0 Å². The van der Waals surface area contributed by atoms with E-state index in [0.29, 0.717) is 5.38 Å². The van der Waals surface area contributed by atoms with Crippen LogP contribution >= 0.6 is 34.2 Å². The van der Waals surface area contributed by atoms with Crippen LogP contribution in [0.25, 0.3) is 0 Å². The molecule has 0 aromatic carbocycles. The molecule has 0 bridgehead atoms. The van der Waals surface area contributed by atoms with Crippen molar-refractivity contribution >= 4 is 34.2 Å². The van der Waals surface area contributed by atoms with E-state index in [2.05, 4.69) is 22.6 Å². The van der Waals surface area contributed by atoms with Gasteiger partial charge in [0.05, 0.1) is 0 Å². The Balaban J connectivity index is 2.28. The molecule has 0 N–H and O–H groups in total. The quantitative estimate of drug-likeness (QED) is 0.454. The Morgan fingerprint density at radius 3 is 2.25 bits per heavy atom. The minimum absolute atomic E-state index is 0.462. The first kappa shape index (κ1) is 7.13. The lowest BCUT2D eigenvalue weighted by atomic mass is 10.0. The maximum atomic E-state index is 5.96. The van der Waals surface area contributed by atoms with Gasteiger partial charge in [-0.2, -0.15) is 0 Å². The van der Waals surface area contributed by atoms with Gasteiger partial charge in [-0.3, -0.25) is 0 Å². The van der Waals surface area contributed by atoms with Gasteiger partial charge in [-0.15, -0.1) is 11.6 Å². The van der Waals surface area contributed by atoms with Crippen LogP contribution in [0.5, 0.6) is 0 Å². The number of halogens is 2. The van der Waals surface area contributed by atoms with Gasteiger partial charge in [0.1, 0.15) is 0 Å². The average Bonchev–Trinajstić information content (AvgIpc) is 1.77. The SMILES string of the molecule is Cl[C@@H]1CCCC[C@H]1I. The van der Waals surface area contributed by atoms with E-state index in [1.165, 1.54) is 25.7 Å². The molecular formula is C6H10ClI. The Bertz CT molecular complexity index is 64.9. The summed E-state index contributed by atoms with van der Waals surface area (Å²) in [4.78, 5) is 0. The van der Waals surface area contributed by atoms with Gasteiger partial charge in [-0.25, -0.2) is 0 Å². The van der Waals surface area contributed by atoms with Crippen LogP contribution in [0.2, 0.25) is 0 Å². The second-order valence-electron chi connectivity index (χ2n) is 2.32. The zero-order valence-electron chi connectivity index (χ0n) is 4.74. The maximum Gasteiger partial charge on any atom is 0.0453 e. The minimum atomic E-state index is 0.462. The van der Waals surface area contributed by atoms with Crippen LogP contribution in [-0.2, 0) is 0 Å². The van der Waals surface area contributed by atoms with E-state index in [0.717, 1.165) is 3.92 Å². The Morgan fingerprint density at radius 1 is 1.25 bits per heavy atom. The van der Waals surface area contributed by atoms with Crippen molar-refractivity contribution in [3.05, 3.63) is 0 Å². The Morgan fingerprint density at radius 2 is 1.88 bits per heavy atom. The van der Waals surface area contributed by atoms with Gasteiger partial charge < -0.3 is 0 Å². The lowest BCUT2D eigenvalue weighted by Crippen LogP contribution is -2.18. The third kappa shape index (κ3) is 1.76. The highest BCUT2D eigenvalue weighted by Crippen LogP contribution is 2.28. The molecule has 0 saturated heterocycles. The summed E-state index contributed by atoms with van der Waals surface area (Å²) in [5.41, 5.74) is 0. The third-order valence-corrected chi connectivity index (χ3v) is 4.04. The summed E-state index contributed by atoms with van der Waals surface area (Å²) in [5, 5.41) is 0.462. The molecule has 0 aromatic heterocycles. The monoisotopic (exact) mass is 244 g/mol. The van der Waals surface area contributed by atoms with Crippen molar-refractivity contribution in [1.29, 1.82) is 0 Å². The minimum Gasteiger partial charge on any atom is -0.122 e. The van der Waals surface area contributed by atoms with Crippen molar-refractivity contribution < 1.29 is 0 Å². The molecule has 0 nitrogen and oxygen atoms in total. The van der Waals surface area contributed by atoms with Gasteiger partial charge in [-0.05, 0) is 12.8 Å². The van der Waals surface area contributed by atoms with Crippen molar-refractivity contribution in [2.75, 3.05) is 0 Å². The summed E-state index contributed by atoms with van der Waals surface area (Å²) in [6.07, 6.45) is 5.29. The highest BCUT2D eigenvalue weighted by atomic mass is 127. The second-order valence-corrected chi connectivity index (χ2v) is 4.48. The maximum absolute atomic E-state index is 5.96. The predicted molar refractivity (Wildman–Crippen MR) is 45.9 cm³/mol. The fourth-order valence-corrected chi connectivity index (χ4v) is 2.12. The van der Waals surface area contributed by atoms with Crippen molar-refractivity contribution in [1.82, 2.24) is 0 Å². The van der Waals surface area contributed by atoms with Crippen molar-refractivity contribution in [2.45, 2.75) is 35.0 Å². The first-order valence-electron chi connectivity index (χ1n) is 3.09. The van der Waals surface area contributed by atoms with Crippen LogP contribution in [-0.4, -0.2) is 9.30 Å². The molecule has 0 spiro atoms. The van der Waals surface area contributed by atoms with Crippen molar-refractivity contribution in [3.8, 4) is 0 Å². The molecule has 0 radical (unpaired) electrons. The van der Waals surface area contributed by atoms with Gasteiger partial charge >= 0.3 is 0 Å². The summed E-state index contributed by atoms with van der Waals surface area (Å²) in [6.45, 7) is 0. The number of hydrogen-bond acceptors (Lipinski definition) is 0. The van der Waals surface area contributed by atoms with Gasteiger partial charge in [-0.1, -0.05) is 35.4 Å². The number of rotatable bonds is 0. The summed E-state index contributed by atoms with van der Waals surface area (Å²) >= 11 is 8.41. The molecular weight excluding hydrogens is 234 g/mol. The first-order valence-corrected chi connectivity index (χ1v) is 4.77. The number of hydrogen-bond donors (Lipinski definition) is 0. The lowest BCUT2D eigenvalue weighted by molar-refractivity contribution is 0.534. The zero-order valence-corrected chi connectivity index (χ0v) is 7.65. The molecule has 2 heteroatoms. The lowest BCUT2D eigenvalue weighted by Gasteiger charge is -2.21. The van der Waals surface area contributed by atoms with Crippen LogP contribution in [0.1, 0.15) is 25.7 Å². The second kappa shape index (κ2) is 3.25. The van der Waals surface area contributed by atoms with Crippen LogP contribution in [0.4, 0.5) is 0 Å². The molecule has 1 aliphatic rings. The molecule has 1 aliphatic carbocycles. The van der Waals surface area contributed by atoms with E-state index >= 15 is 0 Å². The summed E-state index contributed by atoms with van der Waals surface area (Å²) in [7, 11) is 0. The van der Waals surface area contributed by atoms with E-state index in [4.69, 9.17) is 11.6 Å². The molecule has 0 amide bonds. The highest BCUT2D eigenvalue weighted by molar-refractivity contribution is 14.1. The standard InChI is InChI=1S/C6H10ClI/c7-5-3-1-2-4-6(5)8/h5-6H,1-4H2/t5-,6-/m1/s1. The van der Waals surface area contributed by atoms with Crippen LogP contribution < -0.4 is 0 Å². The molecule has 0 aliphatic heterocycles. The fraction of sp³-hybridized carbons (Fsp3) is 1.00. The largest absolute Gasteiger partial charge is 0.122 e. The van der Waals surface area contributed by atoms with E-state index < -0.39 is 0 Å². The van der Waals surface area contributed by atoms with E-state index in [1.54, 1.807) is 0 Å². The smallest absolute Gasteiger partial charge is 0.0453 e. The first-order chi connectivity index (χ1) is 3.80. The van der Waals surface area contributed by atoms with Crippen molar-refractivity contribution in [3.63, 3.8) is 0 Å². The molecule has 0 aromatic rings. The molecule has 0 heterocycles. The molecule has 1 saturated carbocycles. The Labute approximate surface area is 69.1 Å². The molecule has 1 fully saturated rings. The topological polar surface area (TPSA) is 0 Å². The van der Waals surface area contributed by atoms with E-state index in [-0.39, 0.29) is 0 Å². The van der Waals surface area contributed by atoms with Crippen LogP contribution in [0, 0.1) is 0 Å². The zero-order chi connectivity index (χ0) is 5.98. The average molecular weight is 245 g/mol. The normalized spacial score (nSPS) is 39.8. The molecule has 2 atom stereocenters. The Hall–Kier alpha value is 1.02. The predicted octanol–water partition coefficient (Wildman–Crippen LogP) is 2.97. The molecule has 0 unspecified atom stereocenters. The van der Waals surface area contributed by atoms with Gasteiger partial charge in [0.15, 0.2) is 0 Å². The van der Waals surface area contributed by atoms with E-state index in [9.17, 15) is 0 Å². The van der Waals surface area contributed by atoms with E-state index in [1.807, 2.05) is 0 Å².